The van der Waals surface area contributed by atoms with Gasteiger partial charge in [0, 0.05) is 57.5 Å². The van der Waals surface area contributed by atoms with E-state index in [1.165, 1.54) is 30.3 Å². The zero-order valence-electron chi connectivity index (χ0n) is 70.2. The van der Waals surface area contributed by atoms with Gasteiger partial charge in [-0.1, -0.05) is 186 Å². The van der Waals surface area contributed by atoms with E-state index >= 15 is 24.0 Å². The minimum atomic E-state index is -2.35. The van der Waals surface area contributed by atoms with Crippen molar-refractivity contribution in [1.29, 1.82) is 0 Å². The highest BCUT2D eigenvalue weighted by Crippen LogP contribution is 2.51. The average molecular weight is 1810 g/mol. The van der Waals surface area contributed by atoms with Gasteiger partial charge in [-0.05, 0) is 116 Å². The van der Waals surface area contributed by atoms with E-state index < -0.39 is 225 Å². The summed E-state index contributed by atoms with van der Waals surface area (Å²) in [6.45, 7) is 11.4. The summed E-state index contributed by atoms with van der Waals surface area (Å²) in [5.41, 5.74) is 3.85. The number of primary amides is 1. The third kappa shape index (κ3) is 21.7. The third-order valence-electron chi connectivity index (χ3n) is 23.1. The standard InChI is InChI=1S/C91H103Cl2N9O24S/c1-7-8-9-10-11-12-13-20-31-95-91(6)41-66(120-45(5)81(91)111)124-80-77(110)76(109)64(42-127-90-102-68(46-21-16-14-17-22-46)78(126-90)47-23-18-15-19-24-47)123-89(80)125-79-62-36-51-37-63(79)122-61-30-27-50(35-56(61)93)75(108)73-87(117)99-71(88(118)119)54-38-52(103)39-59(105)67(54)53-33-48(25-28-58(53)104)69(84(114)101-73)98-85(115)70(51)97-83(113)57(40-65(94)106)96-86(116)72(100-82(112)44(4)32-43(2)3)74(107)49-26-29-60(121-62)55(92)34-49/h14-19,21-30,33-39,43-45,57,64,66,69-77,80-81,89,95,103-105,107-111H,7-13,20,31-32,40-42H2,1-6H3,(H2,94,106)(H,96,116)(H,97,113)(H,98,115)(H,99,117)(H,100,112)(H,101,114)(H,118,119)/t44-,45?,57+,64?,66?,69?,70-,71-,72-,73+,74-,75-,76?,77?,80?,81?,89?,91?/m1/s1. The Kier molecular flexibility index (Phi) is 30.1. The molecule has 33 nitrogen and oxygen atoms in total. The number of phenolic OH excluding ortho intramolecular Hbond substituents is 3. The maximum Gasteiger partial charge on any atom is 0.330 e. The van der Waals surface area contributed by atoms with Gasteiger partial charge in [-0.15, -0.1) is 0 Å². The van der Waals surface area contributed by atoms with Gasteiger partial charge in [-0.2, -0.15) is 0 Å². The monoisotopic (exact) mass is 1810 g/mol. The van der Waals surface area contributed by atoms with E-state index in [0.717, 1.165) is 112 Å². The van der Waals surface area contributed by atoms with Crippen molar-refractivity contribution in [3.63, 3.8) is 0 Å². The van der Waals surface area contributed by atoms with Gasteiger partial charge in [-0.25, -0.2) is 9.78 Å². The number of hydrogen-bond acceptors (Lipinski definition) is 26. The van der Waals surface area contributed by atoms with Crippen LogP contribution in [0.25, 0.3) is 33.7 Å². The lowest BCUT2D eigenvalue weighted by Crippen LogP contribution is -2.65. The number of hydrogen-bond donors (Lipinski definition) is 17. The Balaban J connectivity index is 1.01. The highest BCUT2D eigenvalue weighted by molar-refractivity contribution is 7.99. The smallest absolute Gasteiger partial charge is 0.330 e. The van der Waals surface area contributed by atoms with Crippen molar-refractivity contribution in [3.05, 3.63) is 177 Å². The Morgan fingerprint density at radius 1 is 0.654 bits per heavy atom. The molecule has 0 saturated carbocycles. The van der Waals surface area contributed by atoms with E-state index in [-0.39, 0.29) is 56.5 Å². The average Bonchev–Trinajstić information content (AvgIpc) is 1.73. The van der Waals surface area contributed by atoms with Crippen LogP contribution in [0, 0.1) is 11.8 Å². The Morgan fingerprint density at radius 2 is 1.26 bits per heavy atom. The zero-order chi connectivity index (χ0) is 91.0. The number of thioether (sulfide) groups is 1. The number of ether oxygens (including phenoxy) is 6. The molecule has 0 radical (unpaired) electrons. The van der Waals surface area contributed by atoms with Crippen LogP contribution in [0.15, 0.2) is 149 Å². The van der Waals surface area contributed by atoms with Gasteiger partial charge in [0.05, 0.1) is 34.8 Å². The molecule has 7 aromatic carbocycles. The van der Waals surface area contributed by atoms with Crippen molar-refractivity contribution in [2.45, 2.75) is 221 Å². The maximum atomic E-state index is 16.4. The van der Waals surface area contributed by atoms with Crippen LogP contribution in [-0.2, 0) is 52.6 Å². The number of aliphatic hydroxyl groups excluding tert-OH is 5. The molecule has 0 spiro atoms. The summed E-state index contributed by atoms with van der Waals surface area (Å²) in [4.78, 5) is 124. The molecule has 8 aromatic rings. The van der Waals surface area contributed by atoms with Gasteiger partial charge >= 0.3 is 5.97 Å². The zero-order valence-corrected chi connectivity index (χ0v) is 72.5. The van der Waals surface area contributed by atoms with Crippen molar-refractivity contribution in [2.24, 2.45) is 17.6 Å². The number of rotatable bonds is 26. The fraction of sp³-hybridized carbons (Fsp3) is 0.418. The molecule has 2 fully saturated rings. The van der Waals surface area contributed by atoms with Crippen molar-refractivity contribution in [1.82, 2.24) is 42.2 Å². The molecule has 2 saturated heterocycles. The number of carboxylic acids is 1. The SMILES string of the molecule is CCCCCCCCCCNC1(C)CC(OC2C(Oc3c4cc5cc3Oc3ccc(cc3Cl)[C@@H](O)[C@@H](NC(=O)[C@H](C)CC(C)C)C(=O)N[C@@H](CC(N)=O)C(=O)N[C@H]5C(=O)NC3C(=O)N[C@H](C(=O)N[C@@H](C(=O)O)c5cc(O)cc(O)c5-c5cc3ccc5O)[C@H](O)c3ccc(c(Cl)c3)O4)OC(CSc3nc(-c4ccccc4)c(-c4ccccc4)o3)C(O)C2O)OC(C)C1O. The maximum absolute atomic E-state index is 16.4. The van der Waals surface area contributed by atoms with E-state index in [9.17, 15) is 60.3 Å². The number of aromatic nitrogens is 1. The third-order valence-corrected chi connectivity index (χ3v) is 24.6. The van der Waals surface area contributed by atoms with Crippen LogP contribution < -0.4 is 57.2 Å². The first kappa shape index (κ1) is 93.5. The topological polar surface area (TPSA) is 510 Å². The summed E-state index contributed by atoms with van der Waals surface area (Å²) in [6, 6.07) is 19.3. The first-order chi connectivity index (χ1) is 60.6. The number of amides is 7. The molecular formula is C91H103Cl2N9O24S. The fourth-order valence-corrected chi connectivity index (χ4v) is 17.7. The van der Waals surface area contributed by atoms with Crippen molar-refractivity contribution in [2.75, 3.05) is 12.3 Å². The normalized spacial score (nSPS) is 25.8. The Morgan fingerprint density at radius 3 is 1.89 bits per heavy atom. The molecule has 36 heteroatoms. The van der Waals surface area contributed by atoms with Crippen LogP contribution in [-0.4, -0.2) is 183 Å². The second kappa shape index (κ2) is 40.9. The molecule has 18 N–H and O–H groups in total. The number of phenols is 3. The van der Waals surface area contributed by atoms with Crippen LogP contribution in [0.4, 0.5) is 0 Å². The molecule has 676 valence electrons. The number of nitrogens with one attached hydrogen (secondary N) is 7. The number of aliphatic carboxylic acids is 1. The van der Waals surface area contributed by atoms with Crippen LogP contribution in [0.3, 0.4) is 0 Å². The lowest BCUT2D eigenvalue weighted by Gasteiger charge is -2.48. The molecule has 8 heterocycles. The quantitative estimate of drug-likeness (QED) is 0.0177. The first-order valence-corrected chi connectivity index (χ1v) is 43.8. The summed E-state index contributed by atoms with van der Waals surface area (Å²) >= 11 is 15.6. The first-order valence-electron chi connectivity index (χ1n) is 42.0. The minimum Gasteiger partial charge on any atom is -0.508 e. The van der Waals surface area contributed by atoms with Crippen molar-refractivity contribution in [3.8, 4) is 79.7 Å². The Bertz CT molecular complexity index is 5310. The van der Waals surface area contributed by atoms with Gasteiger partial charge in [0.15, 0.2) is 35.7 Å². The van der Waals surface area contributed by atoms with Crippen LogP contribution >= 0.6 is 35.0 Å². The molecule has 127 heavy (non-hydrogen) atoms. The number of aliphatic hydroxyl groups is 5. The number of fused-ring (bicyclic) bond motifs is 15. The predicted octanol–water partition coefficient (Wildman–Crippen LogP) is 10.0. The molecule has 15 rings (SSSR count). The molecule has 7 aliphatic rings. The van der Waals surface area contributed by atoms with E-state index in [2.05, 4.69) is 44.1 Å². The fourth-order valence-electron chi connectivity index (χ4n) is 16.4. The van der Waals surface area contributed by atoms with Crippen LogP contribution in [0.5, 0.6) is 46.0 Å². The number of halogens is 2. The van der Waals surface area contributed by atoms with Gasteiger partial charge in [-0.3, -0.25) is 33.6 Å². The van der Waals surface area contributed by atoms with E-state index in [0.29, 0.717) is 35.5 Å². The van der Waals surface area contributed by atoms with Gasteiger partial charge in [0.25, 0.3) is 5.22 Å². The van der Waals surface area contributed by atoms with E-state index in [1.807, 2.05) is 74.5 Å². The summed E-state index contributed by atoms with van der Waals surface area (Å²) in [5.74, 6) is -16.2. The van der Waals surface area contributed by atoms with E-state index in [4.69, 9.17) is 66.8 Å². The van der Waals surface area contributed by atoms with Crippen LogP contribution in [0.2, 0.25) is 10.0 Å². The molecule has 7 aliphatic heterocycles. The molecule has 1 aromatic heterocycles. The van der Waals surface area contributed by atoms with Crippen molar-refractivity contribution < 1.29 is 117 Å². The number of carboxylic acid groups (broad SMARTS) is 1. The summed E-state index contributed by atoms with van der Waals surface area (Å²) in [5, 5.41) is 126. The number of nitrogens with two attached hydrogens (primary N) is 1. The number of oxazole rings is 1. The minimum absolute atomic E-state index is 0.0500. The molecule has 11 bridgehead atoms. The highest BCUT2D eigenvalue weighted by Gasteiger charge is 2.53. The number of carbonyl (C=O) groups is 8. The Labute approximate surface area is 745 Å². The predicted molar refractivity (Wildman–Crippen MR) is 463 cm³/mol. The molecule has 0 aliphatic carbocycles. The number of benzene rings is 7. The Hall–Kier alpha value is -11.1. The number of aromatic hydroxyl groups is 3. The highest BCUT2D eigenvalue weighted by atomic mass is 35.5. The summed E-state index contributed by atoms with van der Waals surface area (Å²) in [6.07, 6.45) is -9.50. The molecular weight excluding hydrogens is 1710 g/mol. The largest absolute Gasteiger partial charge is 0.508 e. The second-order valence-corrected chi connectivity index (χ2v) is 34.9. The van der Waals surface area contributed by atoms with Gasteiger partial charge in [0.1, 0.15) is 89.1 Å². The van der Waals surface area contributed by atoms with Gasteiger partial charge < -0.3 is 122 Å². The number of unbranched alkanes of at least 4 members (excludes halogenated alkanes) is 7. The van der Waals surface area contributed by atoms with Crippen LogP contribution in [0.1, 0.15) is 170 Å². The summed E-state index contributed by atoms with van der Waals surface area (Å²) < 4.78 is 47.7. The molecule has 10 unspecified atom stereocenters. The van der Waals surface area contributed by atoms with Crippen molar-refractivity contribution >= 4 is 82.3 Å². The number of carbonyl (C=O) groups excluding carboxylic acids is 7. The number of nitrogens with zero attached hydrogens (tertiary/aromatic N) is 1. The lowest BCUT2D eigenvalue weighted by atomic mass is 9.85. The van der Waals surface area contributed by atoms with Gasteiger partial charge in [0.2, 0.25) is 53.4 Å². The molecule has 18 atom stereocenters. The van der Waals surface area contributed by atoms with E-state index in [1.54, 1.807) is 20.8 Å². The lowest BCUT2D eigenvalue weighted by molar-refractivity contribution is -0.330. The molecule has 7 amide bonds. The summed E-state index contributed by atoms with van der Waals surface area (Å²) in [7, 11) is 0. The second-order valence-electron chi connectivity index (χ2n) is 33.1.